The number of aromatic amines is 1. The van der Waals surface area contributed by atoms with Crippen LogP contribution in [0.15, 0.2) is 60.8 Å². The Morgan fingerprint density at radius 3 is 2.89 bits per heavy atom. The summed E-state index contributed by atoms with van der Waals surface area (Å²) < 4.78 is 0. The maximum absolute atomic E-state index is 12.8. The third kappa shape index (κ3) is 4.21. The molecule has 2 atom stereocenters. The van der Waals surface area contributed by atoms with Crippen molar-refractivity contribution in [3.63, 3.8) is 0 Å². The van der Waals surface area contributed by atoms with Crippen molar-refractivity contribution in [2.75, 3.05) is 13.1 Å². The number of amides is 1. The predicted molar refractivity (Wildman–Crippen MR) is 107 cm³/mol. The average molecular weight is 363 g/mol. The van der Waals surface area contributed by atoms with Gasteiger partial charge in [-0.3, -0.25) is 9.69 Å². The minimum Gasteiger partial charge on any atom is -0.391 e. The largest absolute Gasteiger partial charge is 0.391 e. The lowest BCUT2D eigenvalue weighted by molar-refractivity contribution is 0.0798. The number of carbonyl (C=O) groups is 1. The van der Waals surface area contributed by atoms with Gasteiger partial charge in [-0.2, -0.15) is 0 Å². The Bertz CT molecular complexity index is 906. The molecule has 1 aliphatic heterocycles. The second-order valence-electron chi connectivity index (χ2n) is 7.29. The number of carbonyl (C=O) groups excluding carboxylic acids is 1. The number of aliphatic hydroxyl groups excluding tert-OH is 1. The Labute approximate surface area is 159 Å². The molecule has 140 valence electrons. The summed E-state index contributed by atoms with van der Waals surface area (Å²) in [5, 5.41) is 14.6. The summed E-state index contributed by atoms with van der Waals surface area (Å²) >= 11 is 0. The minimum atomic E-state index is -0.522. The number of aromatic nitrogens is 1. The highest BCUT2D eigenvalue weighted by atomic mass is 16.3. The van der Waals surface area contributed by atoms with Crippen LogP contribution in [0, 0.1) is 0 Å². The fourth-order valence-corrected chi connectivity index (χ4v) is 3.79. The van der Waals surface area contributed by atoms with Gasteiger partial charge >= 0.3 is 0 Å². The standard InChI is InChI=1S/C22H25N3O2/c26-21-7-4-12-25(14-16-5-2-1-3-6-16)15-20(21)24-22(27)18-8-9-19-17(13-18)10-11-23-19/h1-3,5-6,8-11,13,20-21,23,26H,4,7,12,14-15H2,(H,24,27). The molecular formula is C22H25N3O2. The first-order chi connectivity index (χ1) is 13.2. The van der Waals surface area contributed by atoms with Crippen LogP contribution in [-0.4, -0.2) is 46.1 Å². The SMILES string of the molecule is O=C(NC1CN(Cc2ccccc2)CCCC1O)c1ccc2[nH]ccc2c1. The molecule has 0 spiro atoms. The van der Waals surface area contributed by atoms with E-state index in [1.807, 2.05) is 48.7 Å². The van der Waals surface area contributed by atoms with Gasteiger partial charge in [0.15, 0.2) is 0 Å². The van der Waals surface area contributed by atoms with E-state index < -0.39 is 6.10 Å². The molecule has 3 aromatic rings. The quantitative estimate of drug-likeness (QED) is 0.668. The van der Waals surface area contributed by atoms with E-state index in [4.69, 9.17) is 0 Å². The van der Waals surface area contributed by atoms with Crippen LogP contribution in [0.1, 0.15) is 28.8 Å². The average Bonchev–Trinajstić information content (AvgIpc) is 3.08. The molecule has 1 fully saturated rings. The van der Waals surface area contributed by atoms with Crippen LogP contribution >= 0.6 is 0 Å². The Hall–Kier alpha value is -2.63. The molecule has 4 rings (SSSR count). The van der Waals surface area contributed by atoms with Crippen molar-refractivity contribution in [1.82, 2.24) is 15.2 Å². The van der Waals surface area contributed by atoms with Gasteiger partial charge in [-0.1, -0.05) is 30.3 Å². The number of benzene rings is 2. The van der Waals surface area contributed by atoms with Gasteiger partial charge in [-0.15, -0.1) is 0 Å². The van der Waals surface area contributed by atoms with Gasteiger partial charge in [0, 0.05) is 35.8 Å². The van der Waals surface area contributed by atoms with E-state index in [1.165, 1.54) is 5.56 Å². The van der Waals surface area contributed by atoms with Crippen LogP contribution in [0.3, 0.4) is 0 Å². The van der Waals surface area contributed by atoms with Crippen LogP contribution in [0.25, 0.3) is 10.9 Å². The zero-order chi connectivity index (χ0) is 18.6. The van der Waals surface area contributed by atoms with Crippen molar-refractivity contribution >= 4 is 16.8 Å². The van der Waals surface area contributed by atoms with E-state index in [2.05, 4.69) is 27.3 Å². The molecule has 1 amide bonds. The van der Waals surface area contributed by atoms with Gasteiger partial charge in [0.05, 0.1) is 12.1 Å². The van der Waals surface area contributed by atoms with E-state index in [-0.39, 0.29) is 11.9 Å². The number of hydrogen-bond acceptors (Lipinski definition) is 3. The highest BCUT2D eigenvalue weighted by Gasteiger charge is 2.27. The highest BCUT2D eigenvalue weighted by Crippen LogP contribution is 2.17. The van der Waals surface area contributed by atoms with Gasteiger partial charge < -0.3 is 15.4 Å². The van der Waals surface area contributed by atoms with E-state index in [0.717, 1.165) is 30.4 Å². The summed E-state index contributed by atoms with van der Waals surface area (Å²) in [5.74, 6) is -0.135. The molecule has 0 saturated carbocycles. The fourth-order valence-electron chi connectivity index (χ4n) is 3.79. The minimum absolute atomic E-state index is 0.135. The summed E-state index contributed by atoms with van der Waals surface area (Å²) in [5.41, 5.74) is 2.88. The van der Waals surface area contributed by atoms with Crippen LogP contribution in [-0.2, 0) is 6.54 Å². The van der Waals surface area contributed by atoms with Crippen molar-refractivity contribution in [3.8, 4) is 0 Å². The molecule has 0 radical (unpaired) electrons. The van der Waals surface area contributed by atoms with Crippen LogP contribution in [0.4, 0.5) is 0 Å². The molecule has 5 nitrogen and oxygen atoms in total. The Morgan fingerprint density at radius 1 is 1.19 bits per heavy atom. The number of nitrogens with one attached hydrogen (secondary N) is 2. The van der Waals surface area contributed by atoms with E-state index in [9.17, 15) is 9.90 Å². The van der Waals surface area contributed by atoms with Crippen molar-refractivity contribution in [2.24, 2.45) is 0 Å². The topological polar surface area (TPSA) is 68.4 Å². The second kappa shape index (κ2) is 7.94. The third-order valence-corrected chi connectivity index (χ3v) is 5.27. The van der Waals surface area contributed by atoms with Crippen LogP contribution in [0.2, 0.25) is 0 Å². The first-order valence-electron chi connectivity index (χ1n) is 9.51. The zero-order valence-corrected chi connectivity index (χ0v) is 15.3. The summed E-state index contributed by atoms with van der Waals surface area (Å²) in [6.45, 7) is 2.40. The molecule has 1 saturated heterocycles. The van der Waals surface area contributed by atoms with Crippen molar-refractivity contribution in [2.45, 2.75) is 31.5 Å². The smallest absolute Gasteiger partial charge is 0.251 e. The summed E-state index contributed by atoms with van der Waals surface area (Å²) in [4.78, 5) is 18.2. The molecule has 2 unspecified atom stereocenters. The molecule has 27 heavy (non-hydrogen) atoms. The molecular weight excluding hydrogens is 338 g/mol. The molecule has 0 aliphatic carbocycles. The first-order valence-corrected chi connectivity index (χ1v) is 9.51. The molecule has 1 aromatic heterocycles. The normalized spacial score (nSPS) is 21.1. The molecule has 3 N–H and O–H groups in total. The highest BCUT2D eigenvalue weighted by molar-refractivity contribution is 5.98. The number of H-pyrrole nitrogens is 1. The maximum atomic E-state index is 12.8. The summed E-state index contributed by atoms with van der Waals surface area (Å²) in [6, 6.07) is 17.6. The predicted octanol–water partition coefficient (Wildman–Crippen LogP) is 2.92. The van der Waals surface area contributed by atoms with Gasteiger partial charge in [0.2, 0.25) is 0 Å². The van der Waals surface area contributed by atoms with E-state index >= 15 is 0 Å². The molecule has 2 aromatic carbocycles. The Kier molecular flexibility index (Phi) is 5.23. The van der Waals surface area contributed by atoms with E-state index in [0.29, 0.717) is 18.5 Å². The molecule has 5 heteroatoms. The van der Waals surface area contributed by atoms with Gasteiger partial charge in [-0.25, -0.2) is 0 Å². The van der Waals surface area contributed by atoms with E-state index in [1.54, 1.807) is 0 Å². The number of nitrogens with zero attached hydrogens (tertiary/aromatic N) is 1. The first kappa shape index (κ1) is 17.8. The van der Waals surface area contributed by atoms with Crippen LogP contribution < -0.4 is 5.32 Å². The number of hydrogen-bond donors (Lipinski definition) is 3. The zero-order valence-electron chi connectivity index (χ0n) is 15.3. The second-order valence-corrected chi connectivity index (χ2v) is 7.29. The summed E-state index contributed by atoms with van der Waals surface area (Å²) in [6.07, 6.45) is 2.97. The van der Waals surface area contributed by atoms with Gasteiger partial charge in [-0.05, 0) is 49.2 Å². The number of rotatable bonds is 4. The number of aliphatic hydroxyl groups is 1. The molecule has 1 aliphatic rings. The number of likely N-dealkylation sites (tertiary alicyclic amines) is 1. The van der Waals surface area contributed by atoms with Gasteiger partial charge in [0.1, 0.15) is 0 Å². The van der Waals surface area contributed by atoms with Crippen molar-refractivity contribution in [3.05, 3.63) is 71.9 Å². The van der Waals surface area contributed by atoms with Crippen LogP contribution in [0.5, 0.6) is 0 Å². The monoisotopic (exact) mass is 363 g/mol. The summed E-state index contributed by atoms with van der Waals surface area (Å²) in [7, 11) is 0. The third-order valence-electron chi connectivity index (χ3n) is 5.27. The lowest BCUT2D eigenvalue weighted by Gasteiger charge is -2.27. The van der Waals surface area contributed by atoms with Gasteiger partial charge in [0.25, 0.3) is 5.91 Å². The lowest BCUT2D eigenvalue weighted by Crippen LogP contribution is -2.48. The van der Waals surface area contributed by atoms with Crippen molar-refractivity contribution in [1.29, 1.82) is 0 Å². The lowest BCUT2D eigenvalue weighted by atomic mass is 10.1. The molecule has 2 heterocycles. The Morgan fingerprint density at radius 2 is 2.04 bits per heavy atom. The Balaban J connectivity index is 1.45. The molecule has 0 bridgehead atoms. The fraction of sp³-hybridized carbons (Fsp3) is 0.318. The number of fused-ring (bicyclic) bond motifs is 1. The maximum Gasteiger partial charge on any atom is 0.251 e. The van der Waals surface area contributed by atoms with Crippen molar-refractivity contribution < 1.29 is 9.90 Å².